The number of carbonyl (C=O) groups is 2. The maximum absolute atomic E-state index is 13.3. The van der Waals surface area contributed by atoms with Crippen molar-refractivity contribution in [1.29, 1.82) is 0 Å². The number of hydrazine groups is 1. The van der Waals surface area contributed by atoms with E-state index in [2.05, 4.69) is 25.8 Å². The molecule has 3 heterocycles. The normalized spacial score (nSPS) is 13.6. The number of cyclic esters (lactones) is 1. The van der Waals surface area contributed by atoms with Gasteiger partial charge in [-0.3, -0.25) is 25.5 Å². The number of ether oxygens (including phenoxy) is 1. The van der Waals surface area contributed by atoms with Crippen LogP contribution in [0.3, 0.4) is 0 Å². The molecule has 1 saturated heterocycles. The largest absolute Gasteiger partial charge is 0.447 e. The lowest BCUT2D eigenvalue weighted by Gasteiger charge is -2.15. The quantitative estimate of drug-likeness (QED) is 0.582. The van der Waals surface area contributed by atoms with Gasteiger partial charge in [-0.1, -0.05) is 6.07 Å². The van der Waals surface area contributed by atoms with Crippen molar-refractivity contribution in [1.82, 2.24) is 20.4 Å². The zero-order chi connectivity index (χ0) is 22.7. The molecule has 0 spiro atoms. The van der Waals surface area contributed by atoms with Crippen LogP contribution in [0.15, 0.2) is 54.9 Å². The fourth-order valence-corrected chi connectivity index (χ4v) is 2.92. The summed E-state index contributed by atoms with van der Waals surface area (Å²) in [6, 6.07) is 9.78. The summed E-state index contributed by atoms with van der Waals surface area (Å²) in [5.41, 5.74) is 4.48. The Labute approximate surface area is 179 Å². The second kappa shape index (κ2) is 8.49. The third-order valence-corrected chi connectivity index (χ3v) is 4.44. The lowest BCUT2D eigenvalue weighted by atomic mass is 10.2. The predicted molar refractivity (Wildman–Crippen MR) is 106 cm³/mol. The average Bonchev–Trinajstić information content (AvgIpc) is 3.23. The molecule has 9 nitrogen and oxygen atoms in total. The van der Waals surface area contributed by atoms with Crippen molar-refractivity contribution in [2.75, 3.05) is 23.5 Å². The lowest BCUT2D eigenvalue weighted by molar-refractivity contribution is -0.141. The Balaban J connectivity index is 1.54. The third-order valence-electron chi connectivity index (χ3n) is 4.44. The molecule has 3 aromatic rings. The van der Waals surface area contributed by atoms with Crippen LogP contribution in [-0.4, -0.2) is 40.1 Å². The molecule has 0 radical (unpaired) electrons. The number of alkyl halides is 3. The zero-order valence-corrected chi connectivity index (χ0v) is 16.3. The summed E-state index contributed by atoms with van der Waals surface area (Å²) >= 11 is 0. The SMILES string of the molecule is O=C(NNc1cc(C(F)(F)F)nc(-c2ccncc2)n1)c1cccc(N2CCOC2=O)c1. The summed E-state index contributed by atoms with van der Waals surface area (Å²) in [6.45, 7) is 0.590. The number of rotatable bonds is 5. The Morgan fingerprint density at radius 2 is 1.88 bits per heavy atom. The first-order valence-electron chi connectivity index (χ1n) is 9.28. The Kier molecular flexibility index (Phi) is 5.58. The highest BCUT2D eigenvalue weighted by atomic mass is 19.4. The third kappa shape index (κ3) is 4.58. The second-order valence-electron chi connectivity index (χ2n) is 6.59. The molecule has 0 atom stereocenters. The van der Waals surface area contributed by atoms with E-state index < -0.39 is 23.9 Å². The first kappa shape index (κ1) is 21.0. The summed E-state index contributed by atoms with van der Waals surface area (Å²) < 4.78 is 44.7. The van der Waals surface area contributed by atoms with Crippen molar-refractivity contribution in [3.05, 3.63) is 66.1 Å². The van der Waals surface area contributed by atoms with Gasteiger partial charge in [0.25, 0.3) is 5.91 Å². The van der Waals surface area contributed by atoms with Gasteiger partial charge in [0.1, 0.15) is 12.4 Å². The molecule has 12 heteroatoms. The van der Waals surface area contributed by atoms with Gasteiger partial charge in [-0.05, 0) is 30.3 Å². The van der Waals surface area contributed by atoms with Crippen LogP contribution in [-0.2, 0) is 10.9 Å². The van der Waals surface area contributed by atoms with E-state index in [1.165, 1.54) is 41.6 Å². The Hall–Kier alpha value is -4.22. The Morgan fingerprint density at radius 3 is 2.56 bits per heavy atom. The van der Waals surface area contributed by atoms with Crippen LogP contribution < -0.4 is 15.8 Å². The van der Waals surface area contributed by atoms with Gasteiger partial charge in [-0.2, -0.15) is 13.2 Å². The van der Waals surface area contributed by atoms with E-state index in [0.29, 0.717) is 23.9 Å². The molecule has 32 heavy (non-hydrogen) atoms. The first-order valence-corrected chi connectivity index (χ1v) is 9.28. The number of aromatic nitrogens is 3. The smallest absolute Gasteiger partial charge is 0.433 e. The summed E-state index contributed by atoms with van der Waals surface area (Å²) in [5, 5.41) is 0. The molecule has 0 aliphatic carbocycles. The van der Waals surface area contributed by atoms with Crippen LogP contribution in [0.25, 0.3) is 11.4 Å². The highest BCUT2D eigenvalue weighted by Gasteiger charge is 2.34. The van der Waals surface area contributed by atoms with E-state index >= 15 is 0 Å². The summed E-state index contributed by atoms with van der Waals surface area (Å²) in [7, 11) is 0. The highest BCUT2D eigenvalue weighted by molar-refractivity contribution is 5.97. The van der Waals surface area contributed by atoms with Gasteiger partial charge in [-0.25, -0.2) is 14.8 Å². The minimum Gasteiger partial charge on any atom is -0.447 e. The minimum absolute atomic E-state index is 0.175. The number of pyridine rings is 1. The standard InChI is InChI=1S/C20H15F3N6O3/c21-20(22,23)15-11-16(26-17(25-15)12-4-6-24-7-5-12)27-28-18(30)13-2-1-3-14(10-13)29-8-9-32-19(29)31/h1-7,10-11H,8-9H2,(H,28,30)(H,25,26,27). The van der Waals surface area contributed by atoms with Gasteiger partial charge in [0.15, 0.2) is 11.5 Å². The molecule has 4 rings (SSSR count). The van der Waals surface area contributed by atoms with Gasteiger partial charge in [0.05, 0.1) is 6.54 Å². The van der Waals surface area contributed by atoms with Gasteiger partial charge < -0.3 is 4.74 Å². The number of carbonyl (C=O) groups excluding carboxylic acids is 2. The number of nitrogens with zero attached hydrogens (tertiary/aromatic N) is 4. The molecule has 1 aliphatic rings. The number of hydrogen-bond donors (Lipinski definition) is 2. The average molecular weight is 444 g/mol. The van der Waals surface area contributed by atoms with Crippen LogP contribution >= 0.6 is 0 Å². The van der Waals surface area contributed by atoms with Gasteiger partial charge in [0.2, 0.25) is 0 Å². The summed E-state index contributed by atoms with van der Waals surface area (Å²) in [4.78, 5) is 37.0. The van der Waals surface area contributed by atoms with Crippen molar-refractivity contribution >= 4 is 23.5 Å². The van der Waals surface area contributed by atoms with Crippen molar-refractivity contribution in [3.63, 3.8) is 0 Å². The Bertz CT molecular complexity index is 1160. The maximum Gasteiger partial charge on any atom is 0.433 e. The van der Waals surface area contributed by atoms with Crippen LogP contribution in [0.5, 0.6) is 0 Å². The molecule has 0 saturated carbocycles. The topological polar surface area (TPSA) is 109 Å². The Morgan fingerprint density at radius 1 is 1.09 bits per heavy atom. The molecule has 164 valence electrons. The number of anilines is 2. The molecule has 0 unspecified atom stereocenters. The minimum atomic E-state index is -4.72. The zero-order valence-electron chi connectivity index (χ0n) is 16.3. The number of amides is 2. The van der Waals surface area contributed by atoms with E-state index in [4.69, 9.17) is 4.74 Å². The van der Waals surface area contributed by atoms with E-state index in [0.717, 1.165) is 0 Å². The first-order chi connectivity index (χ1) is 15.3. The predicted octanol–water partition coefficient (Wildman–Crippen LogP) is 3.27. The van der Waals surface area contributed by atoms with Crippen LogP contribution in [0.2, 0.25) is 0 Å². The van der Waals surface area contributed by atoms with Crippen LogP contribution in [0.1, 0.15) is 16.1 Å². The monoisotopic (exact) mass is 444 g/mol. The van der Waals surface area contributed by atoms with Crippen molar-refractivity contribution in [2.45, 2.75) is 6.18 Å². The molecule has 1 aliphatic heterocycles. The highest BCUT2D eigenvalue weighted by Crippen LogP contribution is 2.30. The number of halogens is 3. The molecule has 1 aromatic carbocycles. The van der Waals surface area contributed by atoms with Crippen LogP contribution in [0, 0.1) is 0 Å². The summed E-state index contributed by atoms with van der Waals surface area (Å²) in [5.74, 6) is -1.09. The van der Waals surface area contributed by atoms with Crippen molar-refractivity contribution in [2.24, 2.45) is 0 Å². The van der Waals surface area contributed by atoms with E-state index in [1.807, 2.05) is 0 Å². The fraction of sp³-hybridized carbons (Fsp3) is 0.150. The van der Waals surface area contributed by atoms with Crippen LogP contribution in [0.4, 0.5) is 29.5 Å². The van der Waals surface area contributed by atoms with E-state index in [9.17, 15) is 22.8 Å². The number of nitrogens with one attached hydrogen (secondary N) is 2. The molecule has 2 N–H and O–H groups in total. The van der Waals surface area contributed by atoms with Crippen molar-refractivity contribution in [3.8, 4) is 11.4 Å². The lowest BCUT2D eigenvalue weighted by Crippen LogP contribution is -2.30. The second-order valence-corrected chi connectivity index (χ2v) is 6.59. The summed E-state index contributed by atoms with van der Waals surface area (Å²) in [6.07, 6.45) is -2.44. The van der Waals surface area contributed by atoms with Gasteiger partial charge in [0, 0.05) is 35.3 Å². The number of benzene rings is 1. The fourth-order valence-electron chi connectivity index (χ4n) is 2.92. The molecular formula is C20H15F3N6O3. The van der Waals surface area contributed by atoms with Gasteiger partial charge in [-0.15, -0.1) is 0 Å². The molecular weight excluding hydrogens is 429 g/mol. The maximum atomic E-state index is 13.3. The molecule has 1 fully saturated rings. The van der Waals surface area contributed by atoms with E-state index in [-0.39, 0.29) is 23.8 Å². The molecule has 2 aromatic heterocycles. The van der Waals surface area contributed by atoms with Crippen molar-refractivity contribution < 1.29 is 27.5 Å². The van der Waals surface area contributed by atoms with Gasteiger partial charge >= 0.3 is 12.3 Å². The molecule has 2 amide bonds. The van der Waals surface area contributed by atoms with E-state index in [1.54, 1.807) is 12.1 Å². The molecule has 0 bridgehead atoms. The number of hydrogen-bond acceptors (Lipinski definition) is 7.